The molecule has 1 amide bonds. The first-order valence-electron chi connectivity index (χ1n) is 6.05. The monoisotopic (exact) mass is 252 g/mol. The van der Waals surface area contributed by atoms with Crippen LogP contribution < -0.4 is 5.32 Å². The van der Waals surface area contributed by atoms with E-state index in [1.54, 1.807) is 0 Å². The van der Waals surface area contributed by atoms with Crippen molar-refractivity contribution in [2.24, 2.45) is 0 Å². The van der Waals surface area contributed by atoms with Gasteiger partial charge in [-0.1, -0.05) is 18.2 Å². The van der Waals surface area contributed by atoms with Crippen LogP contribution in [0.15, 0.2) is 30.3 Å². The summed E-state index contributed by atoms with van der Waals surface area (Å²) in [6.45, 7) is 1.34. The fourth-order valence-corrected chi connectivity index (χ4v) is 1.63. The standard InChI is InChI=1S/C13H20N2O3/c16-9-4-7-15(8-10-17)11-13(18)14-12-5-2-1-3-6-12/h1-3,5-6,16-17H,4,7-11H2,(H,14,18). The summed E-state index contributed by atoms with van der Waals surface area (Å²) < 4.78 is 0. The Morgan fingerprint density at radius 2 is 1.83 bits per heavy atom. The zero-order chi connectivity index (χ0) is 13.2. The van der Waals surface area contributed by atoms with Gasteiger partial charge in [0, 0.05) is 25.4 Å². The van der Waals surface area contributed by atoms with Gasteiger partial charge in [0.15, 0.2) is 0 Å². The number of hydrogen-bond acceptors (Lipinski definition) is 4. The maximum atomic E-state index is 11.8. The molecule has 5 heteroatoms. The number of aliphatic hydroxyl groups excluding tert-OH is 2. The summed E-state index contributed by atoms with van der Waals surface area (Å²) in [7, 11) is 0. The van der Waals surface area contributed by atoms with E-state index in [2.05, 4.69) is 5.32 Å². The molecule has 0 spiro atoms. The Hall–Kier alpha value is -1.43. The highest BCUT2D eigenvalue weighted by Gasteiger charge is 2.09. The maximum Gasteiger partial charge on any atom is 0.238 e. The van der Waals surface area contributed by atoms with Gasteiger partial charge in [-0.05, 0) is 18.6 Å². The molecule has 0 fully saturated rings. The van der Waals surface area contributed by atoms with Gasteiger partial charge in [0.1, 0.15) is 0 Å². The minimum Gasteiger partial charge on any atom is -0.396 e. The summed E-state index contributed by atoms with van der Waals surface area (Å²) >= 11 is 0. The minimum absolute atomic E-state index is 0.00401. The zero-order valence-electron chi connectivity index (χ0n) is 10.4. The Balaban J connectivity index is 2.40. The van der Waals surface area contributed by atoms with Crippen LogP contribution in [0.1, 0.15) is 6.42 Å². The van der Waals surface area contributed by atoms with Crippen molar-refractivity contribution < 1.29 is 15.0 Å². The van der Waals surface area contributed by atoms with E-state index in [4.69, 9.17) is 10.2 Å². The molecule has 0 aromatic heterocycles. The highest BCUT2D eigenvalue weighted by atomic mass is 16.3. The molecule has 0 saturated heterocycles. The molecule has 18 heavy (non-hydrogen) atoms. The number of nitrogens with zero attached hydrogens (tertiary/aromatic N) is 1. The molecule has 0 saturated carbocycles. The fraction of sp³-hybridized carbons (Fsp3) is 0.462. The molecule has 100 valence electrons. The van der Waals surface area contributed by atoms with Crippen molar-refractivity contribution in [2.75, 3.05) is 38.2 Å². The number of carbonyl (C=O) groups is 1. The Morgan fingerprint density at radius 1 is 1.11 bits per heavy atom. The normalized spacial score (nSPS) is 10.6. The number of hydrogen-bond donors (Lipinski definition) is 3. The third-order valence-electron chi connectivity index (χ3n) is 2.47. The lowest BCUT2D eigenvalue weighted by molar-refractivity contribution is -0.117. The van der Waals surface area contributed by atoms with E-state index >= 15 is 0 Å². The van der Waals surface area contributed by atoms with E-state index in [0.29, 0.717) is 19.5 Å². The second-order valence-corrected chi connectivity index (χ2v) is 3.99. The van der Waals surface area contributed by atoms with E-state index < -0.39 is 0 Å². The van der Waals surface area contributed by atoms with Crippen molar-refractivity contribution >= 4 is 11.6 Å². The van der Waals surface area contributed by atoms with Crippen molar-refractivity contribution in [3.63, 3.8) is 0 Å². The van der Waals surface area contributed by atoms with E-state index in [1.807, 2.05) is 35.2 Å². The second-order valence-electron chi connectivity index (χ2n) is 3.99. The summed E-state index contributed by atoms with van der Waals surface area (Å²) in [5.74, 6) is -0.118. The summed E-state index contributed by atoms with van der Waals surface area (Å²) in [6.07, 6.45) is 0.596. The second kappa shape index (κ2) is 8.63. The van der Waals surface area contributed by atoms with Crippen molar-refractivity contribution in [3.8, 4) is 0 Å². The third kappa shape index (κ3) is 5.77. The van der Waals surface area contributed by atoms with Crippen molar-refractivity contribution in [1.82, 2.24) is 4.90 Å². The molecule has 1 aromatic carbocycles. The number of carbonyl (C=O) groups excluding carboxylic acids is 1. The third-order valence-corrected chi connectivity index (χ3v) is 2.47. The number of benzene rings is 1. The predicted octanol–water partition coefficient (Wildman–Crippen LogP) is 0.302. The van der Waals surface area contributed by atoms with Gasteiger partial charge in [-0.2, -0.15) is 0 Å². The molecule has 0 heterocycles. The van der Waals surface area contributed by atoms with Crippen molar-refractivity contribution in [1.29, 1.82) is 0 Å². The molecule has 0 unspecified atom stereocenters. The number of amides is 1. The molecular formula is C13H20N2O3. The first-order chi connectivity index (χ1) is 8.76. The zero-order valence-corrected chi connectivity index (χ0v) is 10.4. The number of rotatable bonds is 8. The van der Waals surface area contributed by atoms with Gasteiger partial charge in [-0.15, -0.1) is 0 Å². The van der Waals surface area contributed by atoms with Crippen LogP contribution in [0.25, 0.3) is 0 Å². The minimum atomic E-state index is -0.118. The van der Waals surface area contributed by atoms with E-state index in [0.717, 1.165) is 5.69 Å². The van der Waals surface area contributed by atoms with Crippen molar-refractivity contribution in [2.45, 2.75) is 6.42 Å². The van der Waals surface area contributed by atoms with Crippen LogP contribution in [-0.4, -0.2) is 53.9 Å². The number of nitrogens with one attached hydrogen (secondary N) is 1. The van der Waals surface area contributed by atoms with E-state index in [9.17, 15) is 4.79 Å². The quantitative estimate of drug-likeness (QED) is 0.622. The van der Waals surface area contributed by atoms with E-state index in [-0.39, 0.29) is 25.7 Å². The molecule has 0 atom stereocenters. The molecule has 5 nitrogen and oxygen atoms in total. The average Bonchev–Trinajstić information content (AvgIpc) is 2.37. The topological polar surface area (TPSA) is 72.8 Å². The average molecular weight is 252 g/mol. The largest absolute Gasteiger partial charge is 0.396 e. The Labute approximate surface area is 107 Å². The maximum absolute atomic E-state index is 11.8. The van der Waals surface area contributed by atoms with Gasteiger partial charge in [-0.3, -0.25) is 9.69 Å². The number of para-hydroxylation sites is 1. The van der Waals surface area contributed by atoms with Gasteiger partial charge < -0.3 is 15.5 Å². The molecule has 1 rings (SSSR count). The van der Waals surface area contributed by atoms with Gasteiger partial charge in [-0.25, -0.2) is 0 Å². The molecule has 0 aliphatic carbocycles. The molecule has 3 N–H and O–H groups in total. The summed E-state index contributed by atoms with van der Waals surface area (Å²) in [6, 6.07) is 9.23. The molecule has 0 radical (unpaired) electrons. The number of aliphatic hydroxyl groups is 2. The number of anilines is 1. The highest BCUT2D eigenvalue weighted by Crippen LogP contribution is 2.04. The molecular weight excluding hydrogens is 232 g/mol. The molecule has 0 aliphatic rings. The van der Waals surface area contributed by atoms with Crippen LogP contribution in [0.2, 0.25) is 0 Å². The van der Waals surface area contributed by atoms with Gasteiger partial charge in [0.25, 0.3) is 0 Å². The van der Waals surface area contributed by atoms with Gasteiger partial charge >= 0.3 is 0 Å². The first kappa shape index (κ1) is 14.6. The smallest absolute Gasteiger partial charge is 0.238 e. The van der Waals surface area contributed by atoms with Crippen molar-refractivity contribution in [3.05, 3.63) is 30.3 Å². The van der Waals surface area contributed by atoms with Gasteiger partial charge in [0.2, 0.25) is 5.91 Å². The van der Waals surface area contributed by atoms with Crippen LogP contribution >= 0.6 is 0 Å². The van der Waals surface area contributed by atoms with Crippen LogP contribution in [0, 0.1) is 0 Å². The van der Waals surface area contributed by atoms with Gasteiger partial charge in [0.05, 0.1) is 13.2 Å². The molecule has 1 aromatic rings. The summed E-state index contributed by atoms with van der Waals surface area (Å²) in [5.41, 5.74) is 0.758. The molecule has 0 aliphatic heterocycles. The molecule has 0 bridgehead atoms. The lowest BCUT2D eigenvalue weighted by Crippen LogP contribution is -2.36. The van der Waals surface area contributed by atoms with Crippen LogP contribution in [-0.2, 0) is 4.79 Å². The lowest BCUT2D eigenvalue weighted by atomic mass is 10.3. The van der Waals surface area contributed by atoms with Crippen LogP contribution in [0.4, 0.5) is 5.69 Å². The fourth-order valence-electron chi connectivity index (χ4n) is 1.63. The highest BCUT2D eigenvalue weighted by molar-refractivity contribution is 5.92. The Bertz CT molecular complexity index is 343. The Kier molecular flexibility index (Phi) is 7.01. The van der Waals surface area contributed by atoms with Crippen LogP contribution in [0.3, 0.4) is 0 Å². The summed E-state index contributed by atoms with van der Waals surface area (Å²) in [5, 5.41) is 20.4. The van der Waals surface area contributed by atoms with E-state index in [1.165, 1.54) is 0 Å². The predicted molar refractivity (Wildman–Crippen MR) is 70.3 cm³/mol. The first-order valence-corrected chi connectivity index (χ1v) is 6.05. The van der Waals surface area contributed by atoms with Crippen LogP contribution in [0.5, 0.6) is 0 Å². The lowest BCUT2D eigenvalue weighted by Gasteiger charge is -2.20. The SMILES string of the molecule is O=C(CN(CCO)CCCO)Nc1ccccc1. The Morgan fingerprint density at radius 3 is 2.44 bits per heavy atom. The summed E-state index contributed by atoms with van der Waals surface area (Å²) in [4.78, 5) is 13.6.